The minimum Gasteiger partial charge on any atom is -0.339 e. The van der Waals surface area contributed by atoms with Crippen LogP contribution in [0.25, 0.3) is 11.0 Å². The first-order valence-corrected chi connectivity index (χ1v) is 11.1. The molecule has 0 unspecified atom stereocenters. The number of benzene rings is 1. The van der Waals surface area contributed by atoms with Gasteiger partial charge in [-0.3, -0.25) is 14.9 Å². The van der Waals surface area contributed by atoms with E-state index in [0.717, 1.165) is 48.9 Å². The molecule has 1 spiro atoms. The number of hydrogen-bond donors (Lipinski definition) is 1. The molecule has 30 heavy (non-hydrogen) atoms. The van der Waals surface area contributed by atoms with Crippen LogP contribution < -0.4 is 5.32 Å². The summed E-state index contributed by atoms with van der Waals surface area (Å²) >= 11 is 1.44. The lowest BCUT2D eigenvalue weighted by Crippen LogP contribution is -2.42. The van der Waals surface area contributed by atoms with Crippen molar-refractivity contribution >= 4 is 40.1 Å². The minimum atomic E-state index is -0.123. The average Bonchev–Trinajstić information content (AvgIpc) is 3.42. The first-order chi connectivity index (χ1) is 14.5. The standard InChI is InChI=1S/C23H24N4O2S/c1-3-20(28)26-9-8-23(14-26)11-16(12-23)27-18-7-5-4-6-17(18)24-22(27)25-21(29)19-10-15(2)13-30-19/h3-7,10,13,16H,1,8-9,11-12,14H2,2H3,(H,24,25,29)/t16-,23-. The van der Waals surface area contributed by atoms with Crippen LogP contribution in [-0.2, 0) is 4.79 Å². The lowest BCUT2D eigenvalue weighted by molar-refractivity contribution is -0.125. The zero-order chi connectivity index (χ0) is 20.9. The first-order valence-electron chi connectivity index (χ1n) is 10.2. The van der Waals surface area contributed by atoms with E-state index >= 15 is 0 Å². The molecular formula is C23H24N4O2S. The van der Waals surface area contributed by atoms with Crippen molar-refractivity contribution in [2.24, 2.45) is 5.41 Å². The quantitative estimate of drug-likeness (QED) is 0.636. The fraction of sp³-hybridized carbons (Fsp3) is 0.348. The molecule has 0 bridgehead atoms. The number of aryl methyl sites for hydroxylation is 1. The molecule has 3 heterocycles. The van der Waals surface area contributed by atoms with Gasteiger partial charge in [0, 0.05) is 19.1 Å². The summed E-state index contributed by atoms with van der Waals surface area (Å²) in [5.74, 6) is 0.494. The molecule has 0 radical (unpaired) electrons. The number of amides is 2. The molecule has 154 valence electrons. The normalized spacial score (nSPS) is 23.0. The summed E-state index contributed by atoms with van der Waals surface area (Å²) in [5.41, 5.74) is 3.17. The second-order valence-corrected chi connectivity index (χ2v) is 9.42. The van der Waals surface area contributed by atoms with Gasteiger partial charge in [-0.25, -0.2) is 4.98 Å². The summed E-state index contributed by atoms with van der Waals surface area (Å²) in [6, 6.07) is 10.2. The number of anilines is 1. The lowest BCUT2D eigenvalue weighted by atomic mass is 9.65. The number of thiophene rings is 1. The van der Waals surface area contributed by atoms with E-state index in [1.165, 1.54) is 17.4 Å². The molecule has 2 aromatic heterocycles. The van der Waals surface area contributed by atoms with Crippen LogP contribution >= 0.6 is 11.3 Å². The summed E-state index contributed by atoms with van der Waals surface area (Å²) in [5, 5.41) is 5.02. The monoisotopic (exact) mass is 420 g/mol. The molecule has 1 N–H and O–H groups in total. The highest BCUT2D eigenvalue weighted by Crippen LogP contribution is 2.55. The Morgan fingerprint density at radius 2 is 2.13 bits per heavy atom. The van der Waals surface area contributed by atoms with Gasteiger partial charge in [-0.1, -0.05) is 18.7 Å². The van der Waals surface area contributed by atoms with Crippen molar-refractivity contribution in [3.63, 3.8) is 0 Å². The molecule has 3 aromatic rings. The van der Waals surface area contributed by atoms with E-state index in [1.807, 2.05) is 41.5 Å². The second-order valence-electron chi connectivity index (χ2n) is 8.51. The Morgan fingerprint density at radius 1 is 1.33 bits per heavy atom. The Morgan fingerprint density at radius 3 is 2.87 bits per heavy atom. The number of para-hydroxylation sites is 2. The zero-order valence-corrected chi connectivity index (χ0v) is 17.7. The fourth-order valence-electron chi connectivity index (χ4n) is 4.92. The topological polar surface area (TPSA) is 67.2 Å². The number of likely N-dealkylation sites (tertiary alicyclic amines) is 1. The molecule has 5 rings (SSSR count). The van der Waals surface area contributed by atoms with E-state index in [0.29, 0.717) is 10.8 Å². The van der Waals surface area contributed by atoms with Crippen molar-refractivity contribution in [2.45, 2.75) is 32.2 Å². The van der Waals surface area contributed by atoms with Crippen LogP contribution in [0.1, 0.15) is 40.5 Å². The average molecular weight is 421 g/mol. The van der Waals surface area contributed by atoms with E-state index in [2.05, 4.69) is 22.5 Å². The summed E-state index contributed by atoms with van der Waals surface area (Å²) in [7, 11) is 0. The molecule has 1 aliphatic heterocycles. The highest BCUT2D eigenvalue weighted by atomic mass is 32.1. The van der Waals surface area contributed by atoms with Crippen molar-refractivity contribution in [3.8, 4) is 0 Å². The van der Waals surface area contributed by atoms with Gasteiger partial charge < -0.3 is 9.47 Å². The maximum absolute atomic E-state index is 12.8. The van der Waals surface area contributed by atoms with Crippen molar-refractivity contribution in [3.05, 3.63) is 58.8 Å². The van der Waals surface area contributed by atoms with Gasteiger partial charge in [0.25, 0.3) is 5.91 Å². The van der Waals surface area contributed by atoms with E-state index in [1.54, 1.807) is 0 Å². The van der Waals surface area contributed by atoms with Crippen LogP contribution in [-0.4, -0.2) is 39.4 Å². The third-order valence-corrected chi connectivity index (χ3v) is 7.45. The van der Waals surface area contributed by atoms with E-state index in [4.69, 9.17) is 4.98 Å². The van der Waals surface area contributed by atoms with Crippen LogP contribution in [0.5, 0.6) is 0 Å². The smallest absolute Gasteiger partial charge is 0.268 e. The summed E-state index contributed by atoms with van der Waals surface area (Å²) in [6.07, 6.45) is 4.38. The predicted octanol–water partition coefficient (Wildman–Crippen LogP) is 4.40. The van der Waals surface area contributed by atoms with Crippen molar-refractivity contribution in [1.29, 1.82) is 0 Å². The fourth-order valence-corrected chi connectivity index (χ4v) is 5.72. The Kier molecular flexibility index (Phi) is 4.50. The Bertz CT molecular complexity index is 1160. The van der Waals surface area contributed by atoms with Crippen molar-refractivity contribution in [1.82, 2.24) is 14.5 Å². The van der Waals surface area contributed by atoms with Gasteiger partial charge in [-0.2, -0.15) is 0 Å². The van der Waals surface area contributed by atoms with Gasteiger partial charge in [0.1, 0.15) is 0 Å². The van der Waals surface area contributed by atoms with E-state index in [9.17, 15) is 9.59 Å². The molecule has 6 nitrogen and oxygen atoms in total. The van der Waals surface area contributed by atoms with E-state index in [-0.39, 0.29) is 23.3 Å². The van der Waals surface area contributed by atoms with Gasteiger partial charge in [0.15, 0.2) is 0 Å². The highest BCUT2D eigenvalue weighted by Gasteiger charge is 2.50. The van der Waals surface area contributed by atoms with Gasteiger partial charge in [0.05, 0.1) is 15.9 Å². The third-order valence-electron chi connectivity index (χ3n) is 6.40. The molecule has 0 atom stereocenters. The Labute approximate surface area is 179 Å². The van der Waals surface area contributed by atoms with Gasteiger partial charge in [0.2, 0.25) is 11.9 Å². The molecule has 2 fully saturated rings. The summed E-state index contributed by atoms with van der Waals surface area (Å²) < 4.78 is 2.18. The largest absolute Gasteiger partial charge is 0.339 e. The zero-order valence-electron chi connectivity index (χ0n) is 16.9. The number of fused-ring (bicyclic) bond motifs is 1. The number of rotatable bonds is 4. The van der Waals surface area contributed by atoms with Crippen LogP contribution in [0, 0.1) is 12.3 Å². The summed E-state index contributed by atoms with van der Waals surface area (Å²) in [6.45, 7) is 7.18. The number of nitrogens with one attached hydrogen (secondary N) is 1. The first kappa shape index (κ1) is 19.1. The van der Waals surface area contributed by atoms with Crippen molar-refractivity contribution < 1.29 is 9.59 Å². The van der Waals surface area contributed by atoms with Crippen LogP contribution in [0.15, 0.2) is 48.4 Å². The number of carbonyl (C=O) groups excluding carboxylic acids is 2. The van der Waals surface area contributed by atoms with E-state index < -0.39 is 0 Å². The molecule has 1 aromatic carbocycles. The number of carbonyl (C=O) groups is 2. The van der Waals surface area contributed by atoms with Crippen LogP contribution in [0.2, 0.25) is 0 Å². The highest BCUT2D eigenvalue weighted by molar-refractivity contribution is 7.12. The van der Waals surface area contributed by atoms with Crippen LogP contribution in [0.3, 0.4) is 0 Å². The Hall–Kier alpha value is -2.93. The minimum absolute atomic E-state index is 0.0163. The molecule has 1 aliphatic carbocycles. The lowest BCUT2D eigenvalue weighted by Gasteiger charge is -2.46. The maximum atomic E-state index is 12.8. The number of aromatic nitrogens is 2. The predicted molar refractivity (Wildman–Crippen MR) is 119 cm³/mol. The SMILES string of the molecule is C=CC(=O)N1CC[C@]2(C1)C[C@H](n1c(NC(=O)c3cc(C)cs3)nc3ccccc31)C2. The van der Waals surface area contributed by atoms with Gasteiger partial charge >= 0.3 is 0 Å². The number of imidazole rings is 1. The van der Waals surface area contributed by atoms with Crippen molar-refractivity contribution in [2.75, 3.05) is 18.4 Å². The molecule has 1 saturated heterocycles. The van der Waals surface area contributed by atoms with Gasteiger partial charge in [-0.15, -0.1) is 11.3 Å². The molecule has 2 aliphatic rings. The van der Waals surface area contributed by atoms with Crippen LogP contribution in [0.4, 0.5) is 5.95 Å². The van der Waals surface area contributed by atoms with Gasteiger partial charge in [-0.05, 0) is 66.8 Å². The number of nitrogens with zero attached hydrogens (tertiary/aromatic N) is 3. The summed E-state index contributed by atoms with van der Waals surface area (Å²) in [4.78, 5) is 32.1. The molecular weight excluding hydrogens is 396 g/mol. The second kappa shape index (κ2) is 7.09. The maximum Gasteiger partial charge on any atom is 0.268 e. The molecule has 1 saturated carbocycles. The number of hydrogen-bond acceptors (Lipinski definition) is 4. The molecule has 2 amide bonds. The Balaban J connectivity index is 1.41. The third kappa shape index (κ3) is 3.13. The molecule has 7 heteroatoms.